The molecule has 5 N–H and O–H groups in total. The first-order valence-electron chi connectivity index (χ1n) is 3.67. The fourth-order valence-electron chi connectivity index (χ4n) is 0.609. The first kappa shape index (κ1) is 15.1. The van der Waals surface area contributed by atoms with Crippen LogP contribution in [0.15, 0.2) is 0 Å². The zero-order valence-corrected chi connectivity index (χ0v) is 8.60. The van der Waals surface area contributed by atoms with E-state index < -0.39 is 20.3 Å². The van der Waals surface area contributed by atoms with Crippen molar-refractivity contribution in [1.82, 2.24) is 0 Å². The van der Waals surface area contributed by atoms with Gasteiger partial charge in [0.2, 0.25) is 0 Å². The van der Waals surface area contributed by atoms with Crippen LogP contribution in [0.5, 0.6) is 0 Å². The molecular weight excluding hydrogens is 197 g/mol. The summed E-state index contributed by atoms with van der Waals surface area (Å²) in [5.74, 6) is -0.556. The van der Waals surface area contributed by atoms with Gasteiger partial charge >= 0.3 is 14.2 Å². The van der Waals surface area contributed by atoms with Crippen molar-refractivity contribution < 1.29 is 24.3 Å². The van der Waals surface area contributed by atoms with Gasteiger partial charge in [-0.15, -0.1) is 0 Å². The molecule has 80 valence electrons. The van der Waals surface area contributed by atoms with Gasteiger partial charge in [-0.1, -0.05) is 13.8 Å². The van der Waals surface area contributed by atoms with Crippen LogP contribution < -0.4 is 5.73 Å². The predicted molar refractivity (Wildman–Crippen MR) is 48.5 cm³/mol. The summed E-state index contributed by atoms with van der Waals surface area (Å²) in [4.78, 5) is 24.4. The van der Waals surface area contributed by atoms with Gasteiger partial charge in [0.25, 0.3) is 0 Å². The molecule has 6 nitrogen and oxygen atoms in total. The molecule has 0 aromatic rings. The van der Waals surface area contributed by atoms with Gasteiger partial charge in [0.15, 0.2) is 0 Å². The normalized spacial score (nSPS) is 12.2. The highest BCUT2D eigenvalue weighted by atomic mass is 31.1. The summed E-state index contributed by atoms with van der Waals surface area (Å²) in [5.41, 5.74) is 5.22. The number of nitrogens with two attached hydrogens (primary N) is 1. The van der Waals surface area contributed by atoms with Crippen molar-refractivity contribution >= 4 is 14.2 Å². The van der Waals surface area contributed by atoms with Crippen molar-refractivity contribution in [2.45, 2.75) is 26.3 Å². The zero-order chi connectivity index (χ0) is 11.0. The van der Waals surface area contributed by atoms with Gasteiger partial charge in [-0.25, -0.2) is 0 Å². The maximum Gasteiger partial charge on any atom is 0.320 e. The number of carboxylic acids is 1. The van der Waals surface area contributed by atoms with E-state index in [-0.39, 0.29) is 0 Å². The summed E-state index contributed by atoms with van der Waals surface area (Å²) in [5, 5.41) is 8.31. The van der Waals surface area contributed by atoms with Crippen LogP contribution in [0.2, 0.25) is 0 Å². The number of carboxylic acid groups (broad SMARTS) is 1. The quantitative estimate of drug-likeness (QED) is 0.482. The van der Waals surface area contributed by atoms with Gasteiger partial charge in [0, 0.05) is 0 Å². The maximum absolute atomic E-state index is 10.1. The molecule has 0 aromatic heterocycles. The molecule has 13 heavy (non-hydrogen) atoms. The average Bonchev–Trinajstić information content (AvgIpc) is 1.83. The molecule has 0 spiro atoms. The lowest BCUT2D eigenvalue weighted by Gasteiger charge is -2.07. The zero-order valence-electron chi connectivity index (χ0n) is 7.60. The molecule has 0 heterocycles. The van der Waals surface area contributed by atoms with Crippen molar-refractivity contribution in [3.05, 3.63) is 0 Å². The van der Waals surface area contributed by atoms with Crippen LogP contribution in [0.3, 0.4) is 0 Å². The van der Waals surface area contributed by atoms with Gasteiger partial charge in [-0.3, -0.25) is 9.36 Å². The average molecular weight is 213 g/mol. The van der Waals surface area contributed by atoms with E-state index in [2.05, 4.69) is 0 Å². The summed E-state index contributed by atoms with van der Waals surface area (Å²) < 4.78 is 8.74. The molecule has 0 aliphatic carbocycles. The standard InChI is InChI=1S/C6H13NO2.H3O3P/c1-4(2)3-5(7)6(8)9;1-4(2)3/h4-5H,3,7H2,1-2H3,(H,8,9);4H,(H2,1,2,3)/t5-;/m0./s1. The number of hydrogen-bond donors (Lipinski definition) is 4. The summed E-state index contributed by atoms with van der Waals surface area (Å²) >= 11 is 0. The molecule has 1 atom stereocenters. The molecule has 0 aromatic carbocycles. The van der Waals surface area contributed by atoms with Crippen molar-refractivity contribution in [3.8, 4) is 0 Å². The molecule has 0 fully saturated rings. The van der Waals surface area contributed by atoms with Crippen molar-refractivity contribution in [2.24, 2.45) is 11.7 Å². The number of carbonyl (C=O) groups is 1. The van der Waals surface area contributed by atoms with Crippen LogP contribution in [-0.2, 0) is 9.36 Å². The largest absolute Gasteiger partial charge is 0.480 e. The highest BCUT2D eigenvalue weighted by Crippen LogP contribution is 2.01. The SMILES string of the molecule is CC(C)C[C@H](N)C(=O)O.O=[PH](O)O. The summed E-state index contributed by atoms with van der Waals surface area (Å²) in [7, 11) is -3.13. The minimum atomic E-state index is -3.13. The summed E-state index contributed by atoms with van der Waals surface area (Å²) in [6.07, 6.45) is 0.551. The second-order valence-corrected chi connectivity index (χ2v) is 3.42. The van der Waals surface area contributed by atoms with Crippen LogP contribution in [0, 0.1) is 5.92 Å². The second kappa shape index (κ2) is 8.19. The Labute approximate surface area is 77.3 Å². The van der Waals surface area contributed by atoms with Crippen LogP contribution in [0.4, 0.5) is 0 Å². The van der Waals surface area contributed by atoms with Gasteiger partial charge < -0.3 is 20.6 Å². The van der Waals surface area contributed by atoms with Crippen molar-refractivity contribution in [3.63, 3.8) is 0 Å². The Balaban J connectivity index is 0. The van der Waals surface area contributed by atoms with E-state index in [0.29, 0.717) is 12.3 Å². The van der Waals surface area contributed by atoms with Crippen molar-refractivity contribution in [2.75, 3.05) is 0 Å². The molecule has 0 aliphatic heterocycles. The third-order valence-electron chi connectivity index (χ3n) is 1.04. The first-order valence-corrected chi connectivity index (χ1v) is 4.97. The van der Waals surface area contributed by atoms with E-state index >= 15 is 0 Å². The third kappa shape index (κ3) is 18.5. The van der Waals surface area contributed by atoms with Gasteiger partial charge in [-0.2, -0.15) is 0 Å². The molecule has 0 rings (SSSR count). The topological polar surface area (TPSA) is 121 Å². The Hall–Kier alpha value is -0.420. The fraction of sp³-hybridized carbons (Fsp3) is 0.833. The molecule has 7 heteroatoms. The number of rotatable bonds is 3. The first-order chi connectivity index (χ1) is 5.77. The van der Waals surface area contributed by atoms with E-state index in [1.165, 1.54) is 0 Å². The van der Waals surface area contributed by atoms with Gasteiger partial charge in [-0.05, 0) is 12.3 Å². The molecular formula is C6H16NO5P. The monoisotopic (exact) mass is 213 g/mol. The van der Waals surface area contributed by atoms with Crippen LogP contribution in [0.1, 0.15) is 20.3 Å². The van der Waals surface area contributed by atoms with Crippen LogP contribution >= 0.6 is 8.25 Å². The predicted octanol–water partition coefficient (Wildman–Crippen LogP) is -0.195. The van der Waals surface area contributed by atoms with E-state index in [1.807, 2.05) is 13.8 Å². The maximum atomic E-state index is 10.1. The number of hydrogen-bond acceptors (Lipinski definition) is 3. The lowest BCUT2D eigenvalue weighted by molar-refractivity contribution is -0.138. The fourth-order valence-corrected chi connectivity index (χ4v) is 0.609. The Bertz CT molecular complexity index is 168. The molecule has 0 bridgehead atoms. The summed E-state index contributed by atoms with van der Waals surface area (Å²) in [6.45, 7) is 3.89. The molecule has 0 radical (unpaired) electrons. The third-order valence-corrected chi connectivity index (χ3v) is 1.04. The highest BCUT2D eigenvalue weighted by molar-refractivity contribution is 7.30. The molecule has 0 saturated carbocycles. The lowest BCUT2D eigenvalue weighted by atomic mass is 10.1. The Morgan fingerprint density at radius 1 is 1.46 bits per heavy atom. The van der Waals surface area contributed by atoms with Gasteiger partial charge in [0.1, 0.15) is 6.04 Å². The van der Waals surface area contributed by atoms with Crippen LogP contribution in [-0.4, -0.2) is 26.9 Å². The Morgan fingerprint density at radius 2 is 1.77 bits per heavy atom. The smallest absolute Gasteiger partial charge is 0.320 e. The van der Waals surface area contributed by atoms with Crippen LogP contribution in [0.25, 0.3) is 0 Å². The van der Waals surface area contributed by atoms with E-state index in [4.69, 9.17) is 25.2 Å². The summed E-state index contributed by atoms with van der Waals surface area (Å²) in [6, 6.07) is -0.690. The van der Waals surface area contributed by atoms with Crippen molar-refractivity contribution in [1.29, 1.82) is 0 Å². The molecule has 0 unspecified atom stereocenters. The minimum Gasteiger partial charge on any atom is -0.480 e. The molecule has 0 amide bonds. The van der Waals surface area contributed by atoms with Gasteiger partial charge in [0.05, 0.1) is 0 Å². The Morgan fingerprint density at radius 3 is 1.85 bits per heavy atom. The Kier molecular flexibility index (Phi) is 9.50. The van der Waals surface area contributed by atoms with E-state index in [1.54, 1.807) is 0 Å². The molecule has 0 saturated heterocycles. The van der Waals surface area contributed by atoms with E-state index in [0.717, 1.165) is 0 Å². The highest BCUT2D eigenvalue weighted by Gasteiger charge is 2.11. The lowest BCUT2D eigenvalue weighted by Crippen LogP contribution is -2.31. The minimum absolute atomic E-state index is 0.357. The van der Waals surface area contributed by atoms with E-state index in [9.17, 15) is 4.79 Å². The molecule has 0 aliphatic rings. The second-order valence-electron chi connectivity index (χ2n) is 2.86. The number of aliphatic carboxylic acids is 1.